The van der Waals surface area contributed by atoms with Gasteiger partial charge in [0.2, 0.25) is 0 Å². The van der Waals surface area contributed by atoms with Gasteiger partial charge in [0.15, 0.2) is 12.2 Å². The van der Waals surface area contributed by atoms with Crippen LogP contribution in [0.5, 0.6) is 0 Å². The highest BCUT2D eigenvalue weighted by Gasteiger charge is 2.31. The van der Waals surface area contributed by atoms with Crippen LogP contribution in [0.2, 0.25) is 0 Å². The quantitative estimate of drug-likeness (QED) is 0.0222. The Balaban J connectivity index is 5.22. The van der Waals surface area contributed by atoms with Gasteiger partial charge in [-0.15, -0.1) is 0 Å². The fraction of sp³-hybridized carbons (Fsp3) is 0.956. The molecule has 3 unspecified atom stereocenters. The van der Waals surface area contributed by atoms with Crippen LogP contribution in [0.1, 0.15) is 485 Å². The van der Waals surface area contributed by atoms with E-state index in [1.165, 1.54) is 302 Å². The molecule has 0 heterocycles. The maximum atomic E-state index is 13.2. The Morgan fingerprint density at radius 1 is 0.266 bits per heavy atom. The van der Waals surface area contributed by atoms with Gasteiger partial charge in [0.1, 0.15) is 19.3 Å². The van der Waals surface area contributed by atoms with E-state index in [1.54, 1.807) is 0 Å². The summed E-state index contributed by atoms with van der Waals surface area (Å²) in [5.41, 5.74) is 0. The van der Waals surface area contributed by atoms with Gasteiger partial charge in [0.05, 0.1) is 26.4 Å². The Morgan fingerprint density at radius 3 is 0.697 bits per heavy atom. The minimum Gasteiger partial charge on any atom is -0.462 e. The van der Waals surface area contributed by atoms with Crippen molar-refractivity contribution in [3.05, 3.63) is 0 Å². The van der Waals surface area contributed by atoms with Crippen molar-refractivity contribution in [2.24, 2.45) is 11.8 Å². The Hall–Kier alpha value is -1.94. The van der Waals surface area contributed by atoms with Gasteiger partial charge in [-0.25, -0.2) is 9.13 Å². The Bertz CT molecular complexity index is 2080. The van der Waals surface area contributed by atoms with Crippen LogP contribution in [0.25, 0.3) is 0 Å². The summed E-state index contributed by atoms with van der Waals surface area (Å²) in [5, 5.41) is 10.7. The second-order valence-corrected chi connectivity index (χ2v) is 36.0. The van der Waals surface area contributed by atoms with Crippen LogP contribution in [0.3, 0.4) is 0 Å². The number of aliphatic hydroxyl groups is 1. The lowest BCUT2D eigenvalue weighted by molar-refractivity contribution is -0.161. The van der Waals surface area contributed by atoms with E-state index in [4.69, 9.17) is 37.0 Å². The molecule has 0 radical (unpaired) electrons. The van der Waals surface area contributed by atoms with Crippen LogP contribution in [0.4, 0.5) is 0 Å². The average Bonchev–Trinajstić information content (AvgIpc) is 0.900. The first-order chi connectivity index (χ1) is 52.9. The Morgan fingerprint density at radius 2 is 0.468 bits per heavy atom. The Kier molecular flexibility index (Phi) is 79.8. The van der Waals surface area contributed by atoms with E-state index in [2.05, 4.69) is 41.5 Å². The van der Waals surface area contributed by atoms with Crippen LogP contribution in [-0.4, -0.2) is 96.7 Å². The number of hydrogen-bond acceptors (Lipinski definition) is 15. The molecule has 0 saturated heterocycles. The molecule has 3 N–H and O–H groups in total. The first-order valence-corrected chi connectivity index (χ1v) is 49.5. The number of unbranched alkanes of at least 4 members (excludes halogenated alkanes) is 58. The molecular formula is C90H176O17P2. The second kappa shape index (κ2) is 81.2. The molecule has 0 aliphatic carbocycles. The summed E-state index contributed by atoms with van der Waals surface area (Å²) >= 11 is 0. The number of carbonyl (C=O) groups is 4. The zero-order valence-electron chi connectivity index (χ0n) is 71.9. The summed E-state index contributed by atoms with van der Waals surface area (Å²) in [6, 6.07) is 0. The molecule has 0 aliphatic heterocycles. The van der Waals surface area contributed by atoms with E-state index in [-0.39, 0.29) is 25.7 Å². The summed E-state index contributed by atoms with van der Waals surface area (Å²) in [6.45, 7) is 9.77. The van der Waals surface area contributed by atoms with Crippen molar-refractivity contribution in [3.63, 3.8) is 0 Å². The number of ether oxygens (including phenoxy) is 4. The van der Waals surface area contributed by atoms with E-state index in [1.807, 2.05) is 0 Å². The smallest absolute Gasteiger partial charge is 0.462 e. The number of phosphoric acid groups is 2. The largest absolute Gasteiger partial charge is 0.472 e. The number of esters is 4. The van der Waals surface area contributed by atoms with Gasteiger partial charge >= 0.3 is 39.5 Å². The topological polar surface area (TPSA) is 237 Å². The highest BCUT2D eigenvalue weighted by Crippen LogP contribution is 2.45. The molecular weight excluding hydrogens is 1410 g/mol. The standard InChI is InChI=1S/C90H176O17P2/c1-7-10-12-14-16-18-20-21-22-23-24-25-26-27-28-33-39-44-50-56-62-68-74-89(94)107-86(79-101-88(93)73-67-61-55-49-43-38-32-30-29-31-36-41-46-52-58-64-70-82(4)5)81-105-109(98,99)103-77-84(91)76-102-108(96,97)104-80-85(78-100-87(92)72-66-60-54-48-19-17-15-13-11-8-2)106-90(95)75-69-63-57-51-45-40-35-34-37-42-47-53-59-65-71-83(6)9-3/h82-86,91H,7-81H2,1-6H3,(H,96,97)(H,98,99)/t83?,84-,85+,86+/m0/s1. The lowest BCUT2D eigenvalue weighted by atomic mass is 9.99. The lowest BCUT2D eigenvalue weighted by Crippen LogP contribution is -2.30. The maximum Gasteiger partial charge on any atom is 0.472 e. The first kappa shape index (κ1) is 107. The van der Waals surface area contributed by atoms with Gasteiger partial charge in [0.25, 0.3) is 0 Å². The minimum absolute atomic E-state index is 0.108. The van der Waals surface area contributed by atoms with Gasteiger partial charge < -0.3 is 33.8 Å². The molecule has 0 spiro atoms. The third-order valence-corrected chi connectivity index (χ3v) is 23.5. The Labute approximate surface area is 670 Å². The fourth-order valence-electron chi connectivity index (χ4n) is 14.1. The molecule has 17 nitrogen and oxygen atoms in total. The highest BCUT2D eigenvalue weighted by molar-refractivity contribution is 7.47. The van der Waals surface area contributed by atoms with Crippen LogP contribution in [0.15, 0.2) is 0 Å². The summed E-state index contributed by atoms with van der Waals surface area (Å²) in [4.78, 5) is 73.3. The minimum atomic E-state index is -4.97. The zero-order valence-corrected chi connectivity index (χ0v) is 73.7. The van der Waals surface area contributed by atoms with E-state index in [0.717, 1.165) is 102 Å². The summed E-state index contributed by atoms with van der Waals surface area (Å²) < 4.78 is 69.0. The van der Waals surface area contributed by atoms with E-state index in [0.29, 0.717) is 25.7 Å². The van der Waals surface area contributed by atoms with Crippen molar-refractivity contribution in [1.29, 1.82) is 0 Å². The molecule has 0 aromatic heterocycles. The van der Waals surface area contributed by atoms with E-state index < -0.39 is 97.5 Å². The predicted molar refractivity (Wildman–Crippen MR) is 451 cm³/mol. The van der Waals surface area contributed by atoms with Gasteiger partial charge in [-0.1, -0.05) is 433 Å². The molecule has 109 heavy (non-hydrogen) atoms. The van der Waals surface area contributed by atoms with Gasteiger partial charge in [-0.3, -0.25) is 37.3 Å². The van der Waals surface area contributed by atoms with Crippen molar-refractivity contribution < 1.29 is 80.2 Å². The molecule has 648 valence electrons. The lowest BCUT2D eigenvalue weighted by Gasteiger charge is -2.21. The highest BCUT2D eigenvalue weighted by atomic mass is 31.2. The molecule has 0 bridgehead atoms. The van der Waals surface area contributed by atoms with Crippen molar-refractivity contribution in [2.45, 2.75) is 503 Å². The fourth-order valence-corrected chi connectivity index (χ4v) is 15.7. The second-order valence-electron chi connectivity index (χ2n) is 33.1. The van der Waals surface area contributed by atoms with Crippen molar-refractivity contribution in [2.75, 3.05) is 39.6 Å². The molecule has 0 fully saturated rings. The molecule has 0 amide bonds. The summed E-state index contributed by atoms with van der Waals surface area (Å²) in [5.74, 6) is -0.439. The normalized spacial score (nSPS) is 14.0. The predicted octanol–water partition coefficient (Wildman–Crippen LogP) is 27.8. The van der Waals surface area contributed by atoms with Gasteiger partial charge in [0, 0.05) is 25.7 Å². The SMILES string of the molecule is CCCCCCCCCCCCCCCCCCCCCCCCC(=O)O[C@H](COC(=O)CCCCCCCCCCCCCCCCCCC(C)C)COP(=O)(O)OC[C@@H](O)COP(=O)(O)OC[C@@H](COC(=O)CCCCCCCCCCCC)OC(=O)CCCCCCCCCCCCCCCCC(C)CC. The molecule has 19 heteroatoms. The van der Waals surface area contributed by atoms with Crippen LogP contribution < -0.4 is 0 Å². The molecule has 0 rings (SSSR count). The molecule has 0 aromatic rings. The molecule has 0 aliphatic rings. The molecule has 0 saturated carbocycles. The number of carbonyl (C=O) groups excluding carboxylic acids is 4. The monoisotopic (exact) mass is 1590 g/mol. The maximum absolute atomic E-state index is 13.2. The molecule has 6 atom stereocenters. The first-order valence-electron chi connectivity index (χ1n) is 46.5. The van der Waals surface area contributed by atoms with Crippen molar-refractivity contribution >= 4 is 39.5 Å². The van der Waals surface area contributed by atoms with E-state index in [9.17, 15) is 43.2 Å². The van der Waals surface area contributed by atoms with Crippen LogP contribution >= 0.6 is 15.6 Å². The number of hydrogen-bond donors (Lipinski definition) is 3. The van der Waals surface area contributed by atoms with E-state index >= 15 is 0 Å². The van der Waals surface area contributed by atoms with Gasteiger partial charge in [-0.05, 0) is 37.5 Å². The summed E-state index contributed by atoms with van der Waals surface area (Å²) in [6.07, 6.45) is 75.0. The third-order valence-electron chi connectivity index (χ3n) is 21.6. The molecule has 0 aromatic carbocycles. The van der Waals surface area contributed by atoms with Crippen molar-refractivity contribution in [3.8, 4) is 0 Å². The zero-order chi connectivity index (χ0) is 79.9. The average molecular weight is 1590 g/mol. The number of phosphoric ester groups is 2. The number of aliphatic hydroxyl groups excluding tert-OH is 1. The number of rotatable bonds is 89. The van der Waals surface area contributed by atoms with Crippen LogP contribution in [-0.2, 0) is 65.4 Å². The van der Waals surface area contributed by atoms with Crippen LogP contribution in [0, 0.1) is 11.8 Å². The third kappa shape index (κ3) is 82.4. The van der Waals surface area contributed by atoms with Gasteiger partial charge in [-0.2, -0.15) is 0 Å². The summed E-state index contributed by atoms with van der Waals surface area (Å²) in [7, 11) is -9.93. The van der Waals surface area contributed by atoms with Crippen molar-refractivity contribution in [1.82, 2.24) is 0 Å².